The molecule has 0 bridgehead atoms. The molecule has 0 radical (unpaired) electrons. The van der Waals surface area contributed by atoms with Crippen LogP contribution in [0.4, 0.5) is 0 Å². The fourth-order valence-corrected chi connectivity index (χ4v) is 7.68. The second-order valence-electron chi connectivity index (χ2n) is 14.1. The number of esters is 2. The lowest BCUT2D eigenvalue weighted by molar-refractivity contribution is -0.151. The molecule has 2 aromatic rings. The molecule has 0 heterocycles. The first-order valence-corrected chi connectivity index (χ1v) is 18.3. The van der Waals surface area contributed by atoms with E-state index in [1.54, 1.807) is 59.8 Å². The molecule has 0 aromatic heterocycles. The highest BCUT2D eigenvalue weighted by molar-refractivity contribution is 5.87. The minimum atomic E-state index is -0.868. The van der Waals surface area contributed by atoms with Gasteiger partial charge in [0, 0.05) is 24.6 Å². The molecule has 2 aromatic carbocycles. The van der Waals surface area contributed by atoms with Crippen LogP contribution in [0.1, 0.15) is 89.2 Å². The lowest BCUT2D eigenvalue weighted by atomic mass is 9.70. The molecular formula is C41H56N2O9. The Hall–Kier alpha value is -4.43. The number of methoxy groups -OCH3 is 5. The molecule has 2 fully saturated rings. The molecule has 2 aliphatic carbocycles. The monoisotopic (exact) mass is 720 g/mol. The Bertz CT molecular complexity index is 1540. The number of nitriles is 1. The molecule has 2 saturated carbocycles. The second kappa shape index (κ2) is 18.9. The van der Waals surface area contributed by atoms with Gasteiger partial charge in [0.25, 0.3) is 0 Å². The van der Waals surface area contributed by atoms with Crippen molar-refractivity contribution in [2.24, 2.45) is 5.92 Å². The summed E-state index contributed by atoms with van der Waals surface area (Å²) < 4.78 is 38.8. The van der Waals surface area contributed by atoms with Crippen LogP contribution in [0.3, 0.4) is 0 Å². The lowest BCUT2D eigenvalue weighted by Crippen LogP contribution is -2.45. The highest BCUT2D eigenvalue weighted by atomic mass is 16.6. The average Bonchev–Trinajstić information content (AvgIpc) is 3.17. The van der Waals surface area contributed by atoms with Crippen LogP contribution in [0.5, 0.6) is 28.7 Å². The molecule has 0 saturated heterocycles. The van der Waals surface area contributed by atoms with E-state index >= 15 is 0 Å². The summed E-state index contributed by atoms with van der Waals surface area (Å²) >= 11 is 0. The number of ether oxygens (including phenoxy) is 7. The average molecular weight is 721 g/mol. The first-order valence-electron chi connectivity index (χ1n) is 18.3. The van der Waals surface area contributed by atoms with Crippen LogP contribution >= 0.6 is 0 Å². The van der Waals surface area contributed by atoms with Crippen LogP contribution in [-0.2, 0) is 24.5 Å². The molecule has 52 heavy (non-hydrogen) atoms. The Kier molecular flexibility index (Phi) is 14.6. The van der Waals surface area contributed by atoms with Gasteiger partial charge in [-0.3, -0.25) is 4.79 Å². The smallest absolute Gasteiger partial charge is 0.331 e. The standard InChI is InChI=1S/C41H56N2O9/c1-27(2)41(26-42,29-10-19-34(46-4)35(25-29)47-5)22-21-39(45)52-33-17-13-31(14-18-33)43(3)30-11-15-32(16-12-30)51-38(44)20-9-28-23-36(48-6)40(50-8)37(24-28)49-7/h9-10,19-20,23-25,27,30-33H,11-18,21-22H2,1-8H3/b20-9+. The van der Waals surface area contributed by atoms with Gasteiger partial charge in [0.1, 0.15) is 12.2 Å². The molecule has 2 aliphatic rings. The largest absolute Gasteiger partial charge is 0.493 e. The third-order valence-electron chi connectivity index (χ3n) is 10.9. The van der Waals surface area contributed by atoms with Crippen LogP contribution in [0.2, 0.25) is 0 Å². The Morgan fingerprint density at radius 1 is 0.788 bits per heavy atom. The third-order valence-corrected chi connectivity index (χ3v) is 10.9. The van der Waals surface area contributed by atoms with E-state index in [0.29, 0.717) is 47.3 Å². The summed E-state index contributed by atoms with van der Waals surface area (Å²) in [6.45, 7) is 4.00. The van der Waals surface area contributed by atoms with E-state index in [1.165, 1.54) is 6.08 Å². The molecule has 4 rings (SSSR count). The maximum absolute atomic E-state index is 13.1. The van der Waals surface area contributed by atoms with Crippen molar-refractivity contribution in [2.75, 3.05) is 42.6 Å². The van der Waals surface area contributed by atoms with Gasteiger partial charge in [-0.2, -0.15) is 5.26 Å². The predicted octanol–water partition coefficient (Wildman–Crippen LogP) is 7.28. The molecule has 0 spiro atoms. The van der Waals surface area contributed by atoms with Gasteiger partial charge < -0.3 is 38.1 Å². The fourth-order valence-electron chi connectivity index (χ4n) is 7.68. The van der Waals surface area contributed by atoms with Gasteiger partial charge >= 0.3 is 11.9 Å². The molecule has 1 atom stereocenters. The molecule has 0 aliphatic heterocycles. The molecule has 284 valence electrons. The number of hydrogen-bond donors (Lipinski definition) is 0. The van der Waals surface area contributed by atoms with Gasteiger partial charge in [-0.15, -0.1) is 0 Å². The first kappa shape index (κ1) is 40.3. The van der Waals surface area contributed by atoms with Crippen LogP contribution in [-0.4, -0.2) is 83.7 Å². The summed E-state index contributed by atoms with van der Waals surface area (Å²) in [5.74, 6) is 2.00. The zero-order valence-corrected chi connectivity index (χ0v) is 32.1. The molecular weight excluding hydrogens is 664 g/mol. The minimum absolute atomic E-state index is 0.0337. The normalized spacial score (nSPS) is 21.6. The van der Waals surface area contributed by atoms with Crippen LogP contribution in [0, 0.1) is 17.2 Å². The van der Waals surface area contributed by atoms with E-state index in [1.807, 2.05) is 26.0 Å². The van der Waals surface area contributed by atoms with Crippen molar-refractivity contribution < 1.29 is 42.7 Å². The van der Waals surface area contributed by atoms with Crippen molar-refractivity contribution >= 4 is 18.0 Å². The molecule has 0 amide bonds. The van der Waals surface area contributed by atoms with E-state index in [0.717, 1.165) is 62.5 Å². The van der Waals surface area contributed by atoms with Crippen molar-refractivity contribution in [3.05, 3.63) is 47.5 Å². The summed E-state index contributed by atoms with van der Waals surface area (Å²) in [5, 5.41) is 10.4. The van der Waals surface area contributed by atoms with Crippen molar-refractivity contribution in [3.63, 3.8) is 0 Å². The summed E-state index contributed by atoms with van der Waals surface area (Å²) in [7, 11) is 9.99. The van der Waals surface area contributed by atoms with Gasteiger partial charge in [0.15, 0.2) is 23.0 Å². The van der Waals surface area contributed by atoms with E-state index in [-0.39, 0.29) is 36.5 Å². The first-order chi connectivity index (χ1) is 25.0. The van der Waals surface area contributed by atoms with E-state index in [2.05, 4.69) is 18.0 Å². The van der Waals surface area contributed by atoms with Crippen molar-refractivity contribution in [1.82, 2.24) is 4.90 Å². The molecule has 1 unspecified atom stereocenters. The van der Waals surface area contributed by atoms with Crippen molar-refractivity contribution in [3.8, 4) is 34.8 Å². The van der Waals surface area contributed by atoms with E-state index < -0.39 is 5.41 Å². The molecule has 11 heteroatoms. The molecule has 11 nitrogen and oxygen atoms in total. The quantitative estimate of drug-likeness (QED) is 0.128. The Labute approximate surface area is 309 Å². The van der Waals surface area contributed by atoms with Gasteiger partial charge in [-0.25, -0.2) is 4.79 Å². The number of nitrogens with zero attached hydrogens (tertiary/aromatic N) is 2. The van der Waals surface area contributed by atoms with Crippen molar-refractivity contribution in [1.29, 1.82) is 5.26 Å². The topological polar surface area (TPSA) is 126 Å². The van der Waals surface area contributed by atoms with Crippen LogP contribution in [0.15, 0.2) is 36.4 Å². The summed E-state index contributed by atoms with van der Waals surface area (Å²) in [6, 6.07) is 12.4. The third kappa shape index (κ3) is 9.71. The SMILES string of the molecule is COc1ccc(C(C#N)(CCC(=O)OC2CCC(N(C)C3CCC(OC(=O)/C=C/c4cc(OC)c(OC)c(OC)c4)CC3)CC2)C(C)C)cc1OC. The number of carbonyl (C=O) groups is 2. The predicted molar refractivity (Wildman–Crippen MR) is 198 cm³/mol. The number of hydrogen-bond acceptors (Lipinski definition) is 11. The maximum Gasteiger partial charge on any atom is 0.331 e. The second-order valence-corrected chi connectivity index (χ2v) is 14.1. The van der Waals surface area contributed by atoms with Gasteiger partial charge in [0.2, 0.25) is 5.75 Å². The Balaban J connectivity index is 1.21. The van der Waals surface area contributed by atoms with Gasteiger partial charge in [-0.1, -0.05) is 19.9 Å². The molecule has 0 N–H and O–H groups in total. The van der Waals surface area contributed by atoms with Crippen molar-refractivity contribution in [2.45, 2.75) is 108 Å². The zero-order valence-electron chi connectivity index (χ0n) is 32.1. The fraction of sp³-hybridized carbons (Fsp3) is 0.585. The highest BCUT2D eigenvalue weighted by Gasteiger charge is 2.38. The van der Waals surface area contributed by atoms with Gasteiger partial charge in [0.05, 0.1) is 47.0 Å². The zero-order chi connectivity index (χ0) is 37.8. The minimum Gasteiger partial charge on any atom is -0.493 e. The van der Waals surface area contributed by atoms with Crippen LogP contribution in [0.25, 0.3) is 6.08 Å². The number of rotatable bonds is 16. The summed E-state index contributed by atoms with van der Waals surface area (Å²) in [4.78, 5) is 28.2. The highest BCUT2D eigenvalue weighted by Crippen LogP contribution is 2.41. The Morgan fingerprint density at radius 3 is 1.81 bits per heavy atom. The maximum atomic E-state index is 13.1. The lowest BCUT2D eigenvalue weighted by Gasteiger charge is -2.41. The van der Waals surface area contributed by atoms with Gasteiger partial charge in [-0.05, 0) is 112 Å². The van der Waals surface area contributed by atoms with E-state index in [4.69, 9.17) is 33.2 Å². The Morgan fingerprint density at radius 2 is 1.33 bits per heavy atom. The number of carbonyl (C=O) groups excluding carboxylic acids is 2. The summed E-state index contributed by atoms with van der Waals surface area (Å²) in [6.07, 6.45) is 10.5. The van der Waals surface area contributed by atoms with E-state index in [9.17, 15) is 14.9 Å². The number of benzene rings is 2. The van der Waals surface area contributed by atoms with Crippen LogP contribution < -0.4 is 23.7 Å². The summed E-state index contributed by atoms with van der Waals surface area (Å²) in [5.41, 5.74) is 0.670.